The zero-order chi connectivity index (χ0) is 17.1. The van der Waals surface area contributed by atoms with Gasteiger partial charge in [0, 0.05) is 27.8 Å². The van der Waals surface area contributed by atoms with Crippen LogP contribution in [0.1, 0.15) is 51.5 Å². The number of rotatable bonds is 5. The number of nitrogens with one attached hydrogen (secondary N) is 2. The fourth-order valence-corrected chi connectivity index (χ4v) is 3.10. The molecule has 1 aromatic carbocycles. The van der Waals surface area contributed by atoms with Gasteiger partial charge in [-0.1, -0.05) is 36.2 Å². The minimum absolute atomic E-state index is 0.0459. The van der Waals surface area contributed by atoms with Gasteiger partial charge in [0.25, 0.3) is 5.91 Å². The van der Waals surface area contributed by atoms with Gasteiger partial charge in [0.2, 0.25) is 0 Å². The number of aromatic amines is 1. The van der Waals surface area contributed by atoms with E-state index in [2.05, 4.69) is 10.3 Å². The molecule has 4 nitrogen and oxygen atoms in total. The maximum absolute atomic E-state index is 12.4. The third-order valence-electron chi connectivity index (χ3n) is 3.68. The first-order chi connectivity index (χ1) is 10.8. The zero-order valence-electron chi connectivity index (χ0n) is 13.2. The molecular weight excluding hydrogens is 335 g/mol. The van der Waals surface area contributed by atoms with E-state index >= 15 is 0 Å². The van der Waals surface area contributed by atoms with Crippen molar-refractivity contribution < 1.29 is 9.59 Å². The molecule has 0 aliphatic rings. The normalized spacial score (nSPS) is 10.7. The summed E-state index contributed by atoms with van der Waals surface area (Å²) in [5.41, 5.74) is 3.26. The molecule has 0 bridgehead atoms. The Hall–Kier alpha value is -1.78. The highest BCUT2D eigenvalue weighted by Crippen LogP contribution is 2.22. The average Bonchev–Trinajstić information content (AvgIpc) is 2.82. The van der Waals surface area contributed by atoms with E-state index in [0.29, 0.717) is 33.4 Å². The Kier molecular flexibility index (Phi) is 5.50. The molecule has 2 N–H and O–H groups in total. The van der Waals surface area contributed by atoms with E-state index < -0.39 is 0 Å². The Balaban J connectivity index is 2.21. The van der Waals surface area contributed by atoms with Gasteiger partial charge in [0.15, 0.2) is 5.78 Å². The minimum atomic E-state index is -0.261. The molecule has 0 saturated heterocycles. The summed E-state index contributed by atoms with van der Waals surface area (Å²) in [5, 5.41) is 3.87. The van der Waals surface area contributed by atoms with Crippen LogP contribution in [0.5, 0.6) is 0 Å². The Bertz CT molecular complexity index is 766. The fraction of sp³-hybridized carbons (Fsp3) is 0.294. The molecule has 0 atom stereocenters. The molecule has 0 unspecified atom stereocenters. The van der Waals surface area contributed by atoms with Crippen molar-refractivity contribution in [3.05, 3.63) is 56.3 Å². The van der Waals surface area contributed by atoms with E-state index in [9.17, 15) is 9.59 Å². The van der Waals surface area contributed by atoms with Gasteiger partial charge in [-0.3, -0.25) is 9.59 Å². The van der Waals surface area contributed by atoms with E-state index in [4.69, 9.17) is 23.2 Å². The third kappa shape index (κ3) is 3.77. The molecule has 0 aliphatic heterocycles. The topological polar surface area (TPSA) is 62.0 Å². The first-order valence-corrected chi connectivity index (χ1v) is 8.05. The lowest BCUT2D eigenvalue weighted by Crippen LogP contribution is -2.24. The number of hydrogen-bond acceptors (Lipinski definition) is 2. The van der Waals surface area contributed by atoms with Crippen LogP contribution in [0.2, 0.25) is 10.0 Å². The fourth-order valence-electron chi connectivity index (χ4n) is 2.63. The summed E-state index contributed by atoms with van der Waals surface area (Å²) in [6.07, 6.45) is 0.601. The van der Waals surface area contributed by atoms with Crippen molar-refractivity contribution >= 4 is 34.9 Å². The monoisotopic (exact) mass is 352 g/mol. The lowest BCUT2D eigenvalue weighted by Gasteiger charge is -2.08. The second-order valence-corrected chi connectivity index (χ2v) is 6.15. The smallest absolute Gasteiger partial charge is 0.268 e. The lowest BCUT2D eigenvalue weighted by molar-refractivity contribution is 0.0945. The van der Waals surface area contributed by atoms with Crippen molar-refractivity contribution in [3.63, 3.8) is 0 Å². The third-order valence-corrected chi connectivity index (χ3v) is 4.27. The molecule has 0 spiro atoms. The second-order valence-electron chi connectivity index (χ2n) is 5.31. The number of Topliss-reactive ketones (excluding diaryl/α,β-unsaturated/α-hetero) is 1. The van der Waals surface area contributed by atoms with Crippen LogP contribution in [0.3, 0.4) is 0 Å². The predicted octanol–water partition coefficient (Wildman–Crippen LogP) is 4.32. The average molecular weight is 353 g/mol. The molecule has 1 aromatic heterocycles. The van der Waals surface area contributed by atoms with Crippen LogP contribution < -0.4 is 5.32 Å². The molecule has 0 radical (unpaired) electrons. The summed E-state index contributed by atoms with van der Waals surface area (Å²) in [6, 6.07) is 5.13. The van der Waals surface area contributed by atoms with Crippen molar-refractivity contribution in [3.8, 4) is 0 Å². The van der Waals surface area contributed by atoms with Gasteiger partial charge in [-0.05, 0) is 43.5 Å². The van der Waals surface area contributed by atoms with E-state index in [1.165, 1.54) is 6.92 Å². The molecule has 6 heteroatoms. The van der Waals surface area contributed by atoms with Gasteiger partial charge in [-0.25, -0.2) is 0 Å². The lowest BCUT2D eigenvalue weighted by atomic mass is 10.0. The van der Waals surface area contributed by atoms with Crippen LogP contribution in [-0.4, -0.2) is 16.7 Å². The van der Waals surface area contributed by atoms with Crippen LogP contribution in [-0.2, 0) is 13.0 Å². The number of H-pyrrole nitrogens is 1. The largest absolute Gasteiger partial charge is 0.354 e. The molecule has 23 heavy (non-hydrogen) atoms. The maximum Gasteiger partial charge on any atom is 0.268 e. The summed E-state index contributed by atoms with van der Waals surface area (Å²) in [7, 11) is 0. The van der Waals surface area contributed by atoms with Crippen LogP contribution in [0.25, 0.3) is 0 Å². The number of ketones is 1. The summed E-state index contributed by atoms with van der Waals surface area (Å²) < 4.78 is 0. The van der Waals surface area contributed by atoms with Gasteiger partial charge in [-0.15, -0.1) is 0 Å². The highest BCUT2D eigenvalue weighted by molar-refractivity contribution is 6.35. The highest BCUT2D eigenvalue weighted by Gasteiger charge is 2.21. The SMILES string of the molecule is CCc1c(C(=O)NCc2ccc(Cl)cc2Cl)[nH]c(C)c1C(C)=O. The number of hydrogen-bond donors (Lipinski definition) is 2. The molecule has 0 aliphatic carbocycles. The van der Waals surface area contributed by atoms with Crippen molar-refractivity contribution in [1.82, 2.24) is 10.3 Å². The maximum atomic E-state index is 12.4. The van der Waals surface area contributed by atoms with Crippen molar-refractivity contribution in [2.45, 2.75) is 33.7 Å². The molecular formula is C17H18Cl2N2O2. The summed E-state index contributed by atoms with van der Waals surface area (Å²) >= 11 is 12.0. The quantitative estimate of drug-likeness (QED) is 0.786. The number of carbonyl (C=O) groups is 2. The highest BCUT2D eigenvalue weighted by atomic mass is 35.5. The number of benzene rings is 1. The predicted molar refractivity (Wildman–Crippen MR) is 92.5 cm³/mol. The Morgan fingerprint density at radius 2 is 1.96 bits per heavy atom. The molecule has 122 valence electrons. The molecule has 1 heterocycles. The van der Waals surface area contributed by atoms with Crippen LogP contribution >= 0.6 is 23.2 Å². The van der Waals surface area contributed by atoms with Crippen LogP contribution in [0.15, 0.2) is 18.2 Å². The van der Waals surface area contributed by atoms with E-state index in [0.717, 1.165) is 11.1 Å². The van der Waals surface area contributed by atoms with Crippen molar-refractivity contribution in [1.29, 1.82) is 0 Å². The molecule has 0 fully saturated rings. The molecule has 2 rings (SSSR count). The van der Waals surface area contributed by atoms with E-state index in [1.807, 2.05) is 6.92 Å². The van der Waals surface area contributed by atoms with Crippen LogP contribution in [0, 0.1) is 6.92 Å². The van der Waals surface area contributed by atoms with Gasteiger partial charge in [0.1, 0.15) is 5.69 Å². The van der Waals surface area contributed by atoms with Gasteiger partial charge in [0.05, 0.1) is 0 Å². The van der Waals surface area contributed by atoms with E-state index in [1.54, 1.807) is 25.1 Å². The Morgan fingerprint density at radius 3 is 2.52 bits per heavy atom. The van der Waals surface area contributed by atoms with Crippen molar-refractivity contribution in [2.75, 3.05) is 0 Å². The Labute approximate surface area is 145 Å². The molecule has 1 amide bonds. The van der Waals surface area contributed by atoms with Gasteiger partial charge in [-0.2, -0.15) is 0 Å². The Morgan fingerprint density at radius 1 is 1.26 bits per heavy atom. The summed E-state index contributed by atoms with van der Waals surface area (Å²) in [6.45, 7) is 5.50. The molecule has 2 aromatic rings. The minimum Gasteiger partial charge on any atom is -0.354 e. The van der Waals surface area contributed by atoms with Gasteiger partial charge >= 0.3 is 0 Å². The first-order valence-electron chi connectivity index (χ1n) is 7.29. The number of aromatic nitrogens is 1. The number of amides is 1. The second kappa shape index (κ2) is 7.20. The summed E-state index contributed by atoms with van der Waals surface area (Å²) in [4.78, 5) is 27.2. The van der Waals surface area contributed by atoms with Gasteiger partial charge < -0.3 is 10.3 Å². The standard InChI is InChI=1S/C17H18Cl2N2O2/c1-4-13-15(10(3)22)9(2)21-16(13)17(23)20-8-11-5-6-12(18)7-14(11)19/h5-7,21H,4,8H2,1-3H3,(H,20,23). The molecule has 0 saturated carbocycles. The van der Waals surface area contributed by atoms with Crippen LogP contribution in [0.4, 0.5) is 0 Å². The zero-order valence-corrected chi connectivity index (χ0v) is 14.7. The first kappa shape index (κ1) is 17.6. The van der Waals surface area contributed by atoms with Crippen molar-refractivity contribution in [2.24, 2.45) is 0 Å². The number of halogens is 2. The number of aryl methyl sites for hydroxylation is 1. The van der Waals surface area contributed by atoms with E-state index in [-0.39, 0.29) is 18.2 Å². The number of carbonyl (C=O) groups excluding carboxylic acids is 2. The summed E-state index contributed by atoms with van der Waals surface area (Å²) in [5.74, 6) is -0.307.